The summed E-state index contributed by atoms with van der Waals surface area (Å²) in [4.78, 5) is 3.90. The van der Waals surface area contributed by atoms with E-state index in [4.69, 9.17) is 21.8 Å². The number of halogens is 1. The largest absolute Gasteiger partial charge is 0.425 e. The minimum Gasteiger partial charge on any atom is -0.425 e. The van der Waals surface area contributed by atoms with E-state index in [1.54, 1.807) is 31.2 Å². The molecule has 0 saturated carbocycles. The molecule has 0 radical (unpaired) electrons. The van der Waals surface area contributed by atoms with Gasteiger partial charge >= 0.3 is 0 Å². The van der Waals surface area contributed by atoms with Crippen molar-refractivity contribution in [2.75, 3.05) is 5.73 Å². The predicted octanol–water partition coefficient (Wildman–Crippen LogP) is 2.30. The molecule has 0 aliphatic carbocycles. The summed E-state index contributed by atoms with van der Waals surface area (Å²) in [6.07, 6.45) is -0.873. The van der Waals surface area contributed by atoms with Crippen LogP contribution in [0, 0.1) is 6.92 Å². The van der Waals surface area contributed by atoms with Crippen molar-refractivity contribution >= 4 is 17.6 Å². The van der Waals surface area contributed by atoms with Gasteiger partial charge in [-0.05, 0) is 24.6 Å². The zero-order valence-electron chi connectivity index (χ0n) is 8.64. The van der Waals surface area contributed by atoms with Gasteiger partial charge in [0.15, 0.2) is 5.76 Å². The molecule has 0 aliphatic rings. The van der Waals surface area contributed by atoms with Gasteiger partial charge in [0.1, 0.15) is 6.10 Å². The Balaban J connectivity index is 2.35. The van der Waals surface area contributed by atoms with Crippen LogP contribution in [0.15, 0.2) is 28.7 Å². The average Bonchev–Trinajstić information content (AvgIpc) is 2.58. The summed E-state index contributed by atoms with van der Waals surface area (Å²) in [7, 11) is 0. The molecule has 5 heteroatoms. The number of nitrogens with zero attached hydrogens (tertiary/aromatic N) is 1. The monoisotopic (exact) mass is 238 g/mol. The molecule has 2 rings (SSSR count). The fourth-order valence-electron chi connectivity index (χ4n) is 1.48. The Hall–Kier alpha value is -1.52. The summed E-state index contributed by atoms with van der Waals surface area (Å²) in [5, 5.41) is 10.7. The highest BCUT2D eigenvalue weighted by Gasteiger charge is 2.18. The number of benzene rings is 1. The number of hydrogen-bond donors (Lipinski definition) is 2. The molecule has 1 unspecified atom stereocenters. The lowest BCUT2D eigenvalue weighted by Crippen LogP contribution is -1.99. The SMILES string of the molecule is Cc1nc(N)oc1C(O)c1ccc(Cl)cc1. The molecule has 0 amide bonds. The van der Waals surface area contributed by atoms with Crippen LogP contribution in [0.25, 0.3) is 0 Å². The van der Waals surface area contributed by atoms with Gasteiger partial charge in [0.2, 0.25) is 0 Å². The van der Waals surface area contributed by atoms with E-state index in [0.717, 1.165) is 0 Å². The van der Waals surface area contributed by atoms with Crippen LogP contribution < -0.4 is 5.73 Å². The van der Waals surface area contributed by atoms with E-state index in [-0.39, 0.29) is 6.01 Å². The zero-order chi connectivity index (χ0) is 11.7. The average molecular weight is 239 g/mol. The molecule has 0 spiro atoms. The van der Waals surface area contributed by atoms with Crippen molar-refractivity contribution in [1.29, 1.82) is 0 Å². The van der Waals surface area contributed by atoms with Crippen molar-refractivity contribution in [3.63, 3.8) is 0 Å². The number of aliphatic hydroxyl groups excluding tert-OH is 1. The summed E-state index contributed by atoms with van der Waals surface area (Å²) >= 11 is 5.76. The molecule has 16 heavy (non-hydrogen) atoms. The van der Waals surface area contributed by atoms with Crippen LogP contribution in [0.4, 0.5) is 6.01 Å². The molecule has 0 fully saturated rings. The molecule has 0 aliphatic heterocycles. The van der Waals surface area contributed by atoms with Crippen LogP contribution in [0.3, 0.4) is 0 Å². The molecule has 2 aromatic rings. The maximum atomic E-state index is 10.0. The number of nitrogen functional groups attached to an aromatic ring is 1. The second-order valence-corrected chi connectivity index (χ2v) is 3.89. The third-order valence-corrected chi connectivity index (χ3v) is 2.54. The van der Waals surface area contributed by atoms with Gasteiger partial charge in [-0.1, -0.05) is 23.7 Å². The first-order valence-electron chi connectivity index (χ1n) is 4.74. The number of anilines is 1. The van der Waals surface area contributed by atoms with E-state index in [9.17, 15) is 5.11 Å². The lowest BCUT2D eigenvalue weighted by atomic mass is 10.1. The van der Waals surface area contributed by atoms with Crippen molar-refractivity contribution in [2.45, 2.75) is 13.0 Å². The number of oxazole rings is 1. The fraction of sp³-hybridized carbons (Fsp3) is 0.182. The Morgan fingerprint density at radius 2 is 2.00 bits per heavy atom. The minimum absolute atomic E-state index is 0.0560. The van der Waals surface area contributed by atoms with Gasteiger partial charge in [-0.3, -0.25) is 0 Å². The Labute approximate surface area is 97.7 Å². The normalized spacial score (nSPS) is 12.7. The topological polar surface area (TPSA) is 72.3 Å². The molecule has 1 aromatic carbocycles. The molecule has 1 heterocycles. The number of rotatable bonds is 2. The number of aromatic nitrogens is 1. The molecular weight excluding hydrogens is 228 g/mol. The number of nitrogens with two attached hydrogens (primary N) is 1. The second-order valence-electron chi connectivity index (χ2n) is 3.46. The third-order valence-electron chi connectivity index (χ3n) is 2.28. The quantitative estimate of drug-likeness (QED) is 0.842. The summed E-state index contributed by atoms with van der Waals surface area (Å²) < 4.78 is 5.14. The van der Waals surface area contributed by atoms with E-state index in [2.05, 4.69) is 4.98 Å². The smallest absolute Gasteiger partial charge is 0.292 e. The molecule has 0 saturated heterocycles. The van der Waals surface area contributed by atoms with Gasteiger partial charge < -0.3 is 15.3 Å². The Morgan fingerprint density at radius 3 is 2.50 bits per heavy atom. The van der Waals surface area contributed by atoms with E-state index in [0.29, 0.717) is 22.0 Å². The molecule has 4 nitrogen and oxygen atoms in total. The summed E-state index contributed by atoms with van der Waals surface area (Å²) in [6, 6.07) is 6.92. The highest BCUT2D eigenvalue weighted by atomic mass is 35.5. The van der Waals surface area contributed by atoms with Crippen LogP contribution in [0.5, 0.6) is 0 Å². The van der Waals surface area contributed by atoms with E-state index < -0.39 is 6.10 Å². The molecule has 0 bridgehead atoms. The lowest BCUT2D eigenvalue weighted by Gasteiger charge is -2.08. The van der Waals surface area contributed by atoms with Gasteiger partial charge in [-0.25, -0.2) is 0 Å². The predicted molar refractivity (Wildman–Crippen MR) is 61.2 cm³/mol. The van der Waals surface area contributed by atoms with Crippen molar-refractivity contribution < 1.29 is 9.52 Å². The van der Waals surface area contributed by atoms with Crippen molar-refractivity contribution in [1.82, 2.24) is 4.98 Å². The maximum Gasteiger partial charge on any atom is 0.292 e. The van der Waals surface area contributed by atoms with Crippen molar-refractivity contribution in [2.24, 2.45) is 0 Å². The van der Waals surface area contributed by atoms with Gasteiger partial charge in [-0.15, -0.1) is 0 Å². The minimum atomic E-state index is -0.873. The Morgan fingerprint density at radius 1 is 1.38 bits per heavy atom. The molecular formula is C11H11ClN2O2. The summed E-state index contributed by atoms with van der Waals surface area (Å²) in [6.45, 7) is 1.73. The number of aryl methyl sites for hydroxylation is 1. The highest BCUT2D eigenvalue weighted by molar-refractivity contribution is 6.30. The van der Waals surface area contributed by atoms with Crippen LogP contribution >= 0.6 is 11.6 Å². The fourth-order valence-corrected chi connectivity index (χ4v) is 1.61. The molecule has 1 atom stereocenters. The summed E-state index contributed by atoms with van der Waals surface area (Å²) in [5.74, 6) is 0.361. The lowest BCUT2D eigenvalue weighted by molar-refractivity contribution is 0.190. The molecule has 84 valence electrons. The Kier molecular flexibility index (Phi) is 2.85. The van der Waals surface area contributed by atoms with Crippen LogP contribution in [-0.4, -0.2) is 10.1 Å². The van der Waals surface area contributed by atoms with Gasteiger partial charge in [0, 0.05) is 5.02 Å². The van der Waals surface area contributed by atoms with Gasteiger partial charge in [0.05, 0.1) is 5.69 Å². The van der Waals surface area contributed by atoms with Crippen molar-refractivity contribution in [3.05, 3.63) is 46.3 Å². The highest BCUT2D eigenvalue weighted by Crippen LogP contribution is 2.27. The van der Waals surface area contributed by atoms with Crippen LogP contribution in [0.2, 0.25) is 5.02 Å². The van der Waals surface area contributed by atoms with E-state index >= 15 is 0 Å². The zero-order valence-corrected chi connectivity index (χ0v) is 9.40. The summed E-state index contributed by atoms with van der Waals surface area (Å²) in [5.41, 5.74) is 6.68. The standard InChI is InChI=1S/C11H11ClN2O2/c1-6-10(16-11(13)14-6)9(15)7-2-4-8(12)5-3-7/h2-5,9,15H,1H3,(H2,13,14). The van der Waals surface area contributed by atoms with Gasteiger partial charge in [0.25, 0.3) is 6.01 Å². The van der Waals surface area contributed by atoms with E-state index in [1.807, 2.05) is 0 Å². The third kappa shape index (κ3) is 2.03. The van der Waals surface area contributed by atoms with Crippen LogP contribution in [0.1, 0.15) is 23.1 Å². The first-order chi connectivity index (χ1) is 7.58. The molecule has 1 aromatic heterocycles. The van der Waals surface area contributed by atoms with Crippen molar-refractivity contribution in [3.8, 4) is 0 Å². The maximum absolute atomic E-state index is 10.0. The number of hydrogen-bond acceptors (Lipinski definition) is 4. The van der Waals surface area contributed by atoms with Crippen LogP contribution in [-0.2, 0) is 0 Å². The second kappa shape index (κ2) is 4.15. The Bertz CT molecular complexity index is 493. The number of aliphatic hydroxyl groups is 1. The molecule has 3 N–H and O–H groups in total. The van der Waals surface area contributed by atoms with Gasteiger partial charge in [-0.2, -0.15) is 4.98 Å². The van der Waals surface area contributed by atoms with E-state index in [1.165, 1.54) is 0 Å². The first-order valence-corrected chi connectivity index (χ1v) is 5.12. The first kappa shape index (κ1) is 11.0.